The van der Waals surface area contributed by atoms with Crippen molar-refractivity contribution in [2.45, 2.75) is 0 Å². The van der Waals surface area contributed by atoms with E-state index in [1.807, 2.05) is 11.0 Å². The smallest absolute Gasteiger partial charge is 0.311 e. The second kappa shape index (κ2) is 7.41. The van der Waals surface area contributed by atoms with E-state index in [0.717, 1.165) is 13.1 Å². The number of nitro groups is 1. The lowest BCUT2D eigenvalue weighted by Gasteiger charge is -2.35. The molecular weight excluding hydrogens is 324 g/mol. The number of benzene rings is 1. The Labute approximate surface area is 144 Å². The van der Waals surface area contributed by atoms with Crippen molar-refractivity contribution < 1.29 is 10.0 Å². The number of aromatic nitrogens is 1. The molecule has 0 atom stereocenters. The number of hydrogen-bond acceptors (Lipinski definition) is 6. The number of para-hydroxylation sites is 1. The van der Waals surface area contributed by atoms with Crippen LogP contribution in [-0.2, 0) is 0 Å². The van der Waals surface area contributed by atoms with Crippen LogP contribution >= 0.6 is 0 Å². The Bertz CT molecular complexity index is 789. The van der Waals surface area contributed by atoms with Gasteiger partial charge >= 0.3 is 5.69 Å². The topological polar surface area (TPSA) is 119 Å². The normalized spacial score (nSPS) is 15.3. The zero-order valence-corrected chi connectivity index (χ0v) is 13.7. The molecule has 1 aliphatic rings. The first-order chi connectivity index (χ1) is 12.1. The average Bonchev–Trinajstić information content (AvgIpc) is 2.62. The summed E-state index contributed by atoms with van der Waals surface area (Å²) >= 11 is 0. The summed E-state index contributed by atoms with van der Waals surface area (Å²) in [7, 11) is 0. The van der Waals surface area contributed by atoms with Gasteiger partial charge in [0.05, 0.1) is 17.0 Å². The van der Waals surface area contributed by atoms with Crippen LogP contribution in [0.15, 0.2) is 30.5 Å². The number of nitrogens with zero attached hydrogens (tertiary/aromatic N) is 4. The van der Waals surface area contributed by atoms with Gasteiger partial charge in [-0.2, -0.15) is 0 Å². The van der Waals surface area contributed by atoms with Gasteiger partial charge < -0.3 is 15.3 Å². The van der Waals surface area contributed by atoms with Crippen molar-refractivity contribution in [3.63, 3.8) is 0 Å². The number of rotatable bonds is 4. The molecule has 1 aromatic heterocycles. The van der Waals surface area contributed by atoms with Crippen molar-refractivity contribution in [3.8, 4) is 0 Å². The van der Waals surface area contributed by atoms with Gasteiger partial charge in [-0.15, -0.1) is 0 Å². The second-order valence-electron chi connectivity index (χ2n) is 5.82. The highest BCUT2D eigenvalue weighted by molar-refractivity contribution is 6.04. The predicted octanol–water partition coefficient (Wildman–Crippen LogP) is 1.10. The monoisotopic (exact) mass is 344 g/mol. The Balaban J connectivity index is 1.81. The molecule has 0 aliphatic carbocycles. The highest BCUT2D eigenvalue weighted by Crippen LogP contribution is 2.31. The van der Waals surface area contributed by atoms with Crippen LogP contribution in [0.2, 0.25) is 0 Å². The molecule has 1 fully saturated rings. The number of hydrogen-bond donors (Lipinski definition) is 3. The molecule has 0 bridgehead atoms. The molecule has 0 spiro atoms. The lowest BCUT2D eigenvalue weighted by atomic mass is 10.1. The van der Waals surface area contributed by atoms with Crippen molar-refractivity contribution in [2.24, 2.45) is 0 Å². The van der Waals surface area contributed by atoms with Crippen LogP contribution < -0.4 is 5.32 Å². The van der Waals surface area contributed by atoms with Gasteiger partial charge in [0.2, 0.25) is 0 Å². The number of fused-ring (bicyclic) bond motifs is 1. The fourth-order valence-corrected chi connectivity index (χ4v) is 2.93. The molecule has 3 N–H and O–H groups in total. The molecule has 2 heterocycles. The highest BCUT2D eigenvalue weighted by Gasteiger charge is 2.23. The number of aliphatic hydroxyl groups excluding tert-OH is 1. The van der Waals surface area contributed by atoms with Crippen molar-refractivity contribution >= 4 is 28.2 Å². The van der Waals surface area contributed by atoms with Gasteiger partial charge in [-0.1, -0.05) is 18.2 Å². The zero-order chi connectivity index (χ0) is 17.8. The molecule has 25 heavy (non-hydrogen) atoms. The third-order valence-corrected chi connectivity index (χ3v) is 4.30. The summed E-state index contributed by atoms with van der Waals surface area (Å²) in [5, 5.41) is 32.2. The molecular formula is C16H20N6O3. The third-order valence-electron chi connectivity index (χ3n) is 4.30. The van der Waals surface area contributed by atoms with Crippen LogP contribution in [0.1, 0.15) is 0 Å². The maximum atomic E-state index is 11.3. The maximum Gasteiger partial charge on any atom is 0.311 e. The summed E-state index contributed by atoms with van der Waals surface area (Å²) in [6.45, 7) is 3.47. The van der Waals surface area contributed by atoms with E-state index in [0.29, 0.717) is 36.2 Å². The van der Waals surface area contributed by atoms with E-state index >= 15 is 0 Å². The molecule has 0 radical (unpaired) electrons. The number of anilines is 1. The minimum atomic E-state index is -0.492. The maximum absolute atomic E-state index is 11.3. The predicted molar refractivity (Wildman–Crippen MR) is 94.8 cm³/mol. The van der Waals surface area contributed by atoms with Crippen molar-refractivity contribution in [1.29, 1.82) is 5.41 Å². The van der Waals surface area contributed by atoms with E-state index in [1.54, 1.807) is 18.2 Å². The Morgan fingerprint density at radius 2 is 2.04 bits per heavy atom. The largest absolute Gasteiger partial charge is 0.395 e. The van der Waals surface area contributed by atoms with E-state index in [4.69, 9.17) is 10.5 Å². The molecule has 9 nitrogen and oxygen atoms in total. The van der Waals surface area contributed by atoms with Crippen molar-refractivity contribution in [2.75, 3.05) is 44.6 Å². The number of guanidine groups is 1. The Kier molecular flexibility index (Phi) is 5.05. The summed E-state index contributed by atoms with van der Waals surface area (Å²) in [4.78, 5) is 18.9. The van der Waals surface area contributed by atoms with Gasteiger partial charge in [-0.3, -0.25) is 20.4 Å². The summed E-state index contributed by atoms with van der Waals surface area (Å²) < 4.78 is 0. The minimum absolute atomic E-state index is 0.116. The van der Waals surface area contributed by atoms with Crippen molar-refractivity contribution in [3.05, 3.63) is 40.6 Å². The Hall–Kier alpha value is -2.78. The molecule has 132 valence electrons. The highest BCUT2D eigenvalue weighted by atomic mass is 16.6. The van der Waals surface area contributed by atoms with E-state index < -0.39 is 4.92 Å². The lowest BCUT2D eigenvalue weighted by Crippen LogP contribution is -2.50. The molecule has 0 amide bonds. The van der Waals surface area contributed by atoms with E-state index in [2.05, 4.69) is 15.2 Å². The molecule has 1 saturated heterocycles. The molecule has 1 aromatic carbocycles. The Morgan fingerprint density at radius 3 is 2.72 bits per heavy atom. The van der Waals surface area contributed by atoms with Crippen LogP contribution in [0.3, 0.4) is 0 Å². The van der Waals surface area contributed by atoms with Gasteiger partial charge in [0.15, 0.2) is 5.96 Å². The number of β-amino-alcohol motifs (C(OH)–C–C–N with tert-alkyl or cyclic N) is 1. The van der Waals surface area contributed by atoms with Gasteiger partial charge in [0.1, 0.15) is 11.9 Å². The molecule has 0 unspecified atom stereocenters. The van der Waals surface area contributed by atoms with Gasteiger partial charge in [-0.05, 0) is 6.07 Å². The van der Waals surface area contributed by atoms with E-state index in [1.165, 1.54) is 6.20 Å². The molecule has 3 rings (SSSR count). The van der Waals surface area contributed by atoms with Crippen LogP contribution in [0.25, 0.3) is 10.9 Å². The van der Waals surface area contributed by atoms with E-state index in [9.17, 15) is 10.1 Å². The van der Waals surface area contributed by atoms with Crippen LogP contribution in [0.4, 0.5) is 11.4 Å². The minimum Gasteiger partial charge on any atom is -0.395 e. The summed E-state index contributed by atoms with van der Waals surface area (Å²) in [5.74, 6) is 0.128. The first-order valence-corrected chi connectivity index (χ1v) is 8.06. The fourth-order valence-electron chi connectivity index (χ4n) is 2.93. The fraction of sp³-hybridized carbons (Fsp3) is 0.375. The van der Waals surface area contributed by atoms with Gasteiger partial charge in [-0.25, -0.2) is 4.98 Å². The van der Waals surface area contributed by atoms with Crippen LogP contribution in [0.5, 0.6) is 0 Å². The molecule has 1 aliphatic heterocycles. The average molecular weight is 344 g/mol. The van der Waals surface area contributed by atoms with Crippen molar-refractivity contribution in [1.82, 2.24) is 14.8 Å². The summed E-state index contributed by atoms with van der Waals surface area (Å²) in [6, 6.07) is 7.14. The number of pyridine rings is 1. The van der Waals surface area contributed by atoms with Crippen LogP contribution in [0, 0.1) is 15.5 Å². The molecule has 9 heteroatoms. The quantitative estimate of drug-likeness (QED) is 0.329. The number of aliphatic hydroxyl groups is 1. The third kappa shape index (κ3) is 3.67. The second-order valence-corrected chi connectivity index (χ2v) is 5.82. The first-order valence-electron chi connectivity index (χ1n) is 8.06. The SMILES string of the molecule is N=C(Nc1c([N+](=O)[O-])cnc2ccccc12)N1CCN(CCO)CC1. The summed E-state index contributed by atoms with van der Waals surface area (Å²) in [5.41, 5.74) is 0.775. The lowest BCUT2D eigenvalue weighted by molar-refractivity contribution is -0.384. The number of piperazine rings is 1. The van der Waals surface area contributed by atoms with Crippen LogP contribution in [-0.4, -0.2) is 70.1 Å². The Morgan fingerprint density at radius 1 is 1.32 bits per heavy atom. The first kappa shape index (κ1) is 17.1. The van der Waals surface area contributed by atoms with Gasteiger partial charge in [0, 0.05) is 38.1 Å². The number of nitrogens with one attached hydrogen (secondary N) is 2. The van der Waals surface area contributed by atoms with E-state index in [-0.39, 0.29) is 18.3 Å². The standard InChI is InChI=1S/C16H20N6O3/c17-16(21-7-5-20(6-8-21)9-10-23)19-15-12-3-1-2-4-13(12)18-11-14(15)22(24)25/h1-4,11,23H,5-10H2,(H2,17,18,19). The zero-order valence-electron chi connectivity index (χ0n) is 13.7. The van der Waals surface area contributed by atoms with Gasteiger partial charge in [0.25, 0.3) is 0 Å². The molecule has 2 aromatic rings. The molecule has 0 saturated carbocycles. The summed E-state index contributed by atoms with van der Waals surface area (Å²) in [6.07, 6.45) is 1.22.